The van der Waals surface area contributed by atoms with Crippen LogP contribution in [-0.4, -0.2) is 61.3 Å². The van der Waals surface area contributed by atoms with E-state index in [-0.39, 0.29) is 19.0 Å². The third-order valence-electron chi connectivity index (χ3n) is 4.77. The summed E-state index contributed by atoms with van der Waals surface area (Å²) in [7, 11) is -2.24. The van der Waals surface area contributed by atoms with E-state index in [9.17, 15) is 13.2 Å². The zero-order valence-corrected chi connectivity index (χ0v) is 15.7. The number of amides is 1. The highest BCUT2D eigenvalue weighted by atomic mass is 32.2. The zero-order chi connectivity index (χ0) is 18.2. The van der Waals surface area contributed by atoms with Gasteiger partial charge in [0.2, 0.25) is 5.91 Å². The Labute approximate surface area is 149 Å². The van der Waals surface area contributed by atoms with Gasteiger partial charge in [-0.1, -0.05) is 24.3 Å². The number of ether oxygens (including phenoxy) is 1. The molecule has 0 aromatic heterocycles. The average Bonchev–Trinajstić information content (AvgIpc) is 2.59. The summed E-state index contributed by atoms with van der Waals surface area (Å²) in [6, 6.07) is 6.93. The van der Waals surface area contributed by atoms with Crippen molar-refractivity contribution in [2.24, 2.45) is 0 Å². The molecular weight excluding hydrogens is 342 g/mol. The lowest BCUT2D eigenvalue weighted by Gasteiger charge is -2.42. The lowest BCUT2D eigenvalue weighted by atomic mass is 9.95. The molecule has 1 amide bonds. The Hall–Kier alpha value is -1.48. The summed E-state index contributed by atoms with van der Waals surface area (Å²) in [5, 5.41) is 2.60. The highest BCUT2D eigenvalue weighted by Crippen LogP contribution is 2.29. The van der Waals surface area contributed by atoms with Crippen LogP contribution in [0.5, 0.6) is 0 Å². The predicted molar refractivity (Wildman–Crippen MR) is 94.1 cm³/mol. The van der Waals surface area contributed by atoms with E-state index in [1.165, 1.54) is 15.7 Å². The molecule has 1 aromatic carbocycles. The normalized spacial score (nSPS) is 24.5. The van der Waals surface area contributed by atoms with Gasteiger partial charge in [-0.05, 0) is 31.4 Å². The van der Waals surface area contributed by atoms with Crippen LogP contribution in [0.3, 0.4) is 0 Å². The number of morpholine rings is 1. The van der Waals surface area contributed by atoms with Gasteiger partial charge >= 0.3 is 0 Å². The van der Waals surface area contributed by atoms with Gasteiger partial charge in [0.05, 0.1) is 12.2 Å². The maximum atomic E-state index is 13.3. The Kier molecular flexibility index (Phi) is 4.89. The minimum Gasteiger partial charge on any atom is -0.373 e. The Morgan fingerprint density at radius 3 is 2.60 bits per heavy atom. The largest absolute Gasteiger partial charge is 0.373 e. The van der Waals surface area contributed by atoms with Crippen molar-refractivity contribution in [1.82, 2.24) is 13.9 Å². The van der Waals surface area contributed by atoms with Crippen molar-refractivity contribution in [3.63, 3.8) is 0 Å². The monoisotopic (exact) mass is 367 g/mol. The van der Waals surface area contributed by atoms with E-state index in [0.29, 0.717) is 19.6 Å². The number of hydrogen-bond donors (Lipinski definition) is 1. The van der Waals surface area contributed by atoms with E-state index in [4.69, 9.17) is 4.74 Å². The summed E-state index contributed by atoms with van der Waals surface area (Å²) in [5.74, 6) is -0.286. The minimum absolute atomic E-state index is 0.203. The van der Waals surface area contributed by atoms with Gasteiger partial charge in [-0.2, -0.15) is 17.0 Å². The summed E-state index contributed by atoms with van der Waals surface area (Å²) in [5.41, 5.74) is 1.42. The van der Waals surface area contributed by atoms with Crippen LogP contribution in [0.4, 0.5) is 0 Å². The highest BCUT2D eigenvalue weighted by molar-refractivity contribution is 7.86. The standard InChI is InChI=1S/C17H25N3O4S/c1-17(2)12-19(8-9-24-17)25(22,23)20-11-14-7-5-4-6-13(14)10-15(20)16(21)18-3/h4-7,15H,8-12H2,1-3H3,(H,18,21)/t15-/m0/s1. The molecule has 1 atom stereocenters. The van der Waals surface area contributed by atoms with Crippen LogP contribution in [0, 0.1) is 0 Å². The number of rotatable bonds is 3. The molecule has 0 aliphatic carbocycles. The van der Waals surface area contributed by atoms with E-state index in [1.54, 1.807) is 0 Å². The first-order valence-corrected chi connectivity index (χ1v) is 9.83. The van der Waals surface area contributed by atoms with Crippen molar-refractivity contribution < 1.29 is 17.9 Å². The second-order valence-electron chi connectivity index (χ2n) is 7.10. The number of carbonyl (C=O) groups is 1. The average molecular weight is 367 g/mol. The van der Waals surface area contributed by atoms with Crippen molar-refractivity contribution in [3.8, 4) is 0 Å². The zero-order valence-electron chi connectivity index (χ0n) is 14.9. The van der Waals surface area contributed by atoms with Crippen LogP contribution in [0.15, 0.2) is 24.3 Å². The van der Waals surface area contributed by atoms with Gasteiger partial charge in [0.15, 0.2) is 0 Å². The molecular formula is C17H25N3O4S. The van der Waals surface area contributed by atoms with Crippen LogP contribution in [0.1, 0.15) is 25.0 Å². The Bertz CT molecular complexity index is 763. The molecule has 8 heteroatoms. The number of benzene rings is 1. The summed E-state index contributed by atoms with van der Waals surface area (Å²) in [6.07, 6.45) is 0.378. The lowest BCUT2D eigenvalue weighted by Crippen LogP contribution is -2.59. The third-order valence-corrected chi connectivity index (χ3v) is 6.71. The van der Waals surface area contributed by atoms with Crippen molar-refractivity contribution >= 4 is 16.1 Å². The quantitative estimate of drug-likeness (QED) is 0.845. The number of fused-ring (bicyclic) bond motifs is 1. The smallest absolute Gasteiger partial charge is 0.283 e. The molecule has 138 valence electrons. The first-order valence-electron chi connectivity index (χ1n) is 8.44. The summed E-state index contributed by atoms with van der Waals surface area (Å²) < 4.78 is 35.0. The molecule has 2 aliphatic heterocycles. The van der Waals surface area contributed by atoms with Gasteiger partial charge in [-0.15, -0.1) is 0 Å². The van der Waals surface area contributed by atoms with Crippen LogP contribution >= 0.6 is 0 Å². The number of carbonyl (C=O) groups excluding carboxylic acids is 1. The first kappa shape index (κ1) is 18.3. The van der Waals surface area contributed by atoms with Gasteiger partial charge in [0.25, 0.3) is 10.2 Å². The number of nitrogens with one attached hydrogen (secondary N) is 1. The number of nitrogens with zero attached hydrogens (tertiary/aromatic N) is 2. The van der Waals surface area contributed by atoms with Crippen LogP contribution < -0.4 is 5.32 Å². The molecule has 1 N–H and O–H groups in total. The summed E-state index contributed by atoms with van der Waals surface area (Å²) >= 11 is 0. The van der Waals surface area contributed by atoms with Crippen molar-refractivity contribution in [1.29, 1.82) is 0 Å². The molecule has 25 heavy (non-hydrogen) atoms. The van der Waals surface area contributed by atoms with Gasteiger partial charge in [0.1, 0.15) is 6.04 Å². The molecule has 1 fully saturated rings. The number of hydrogen-bond acceptors (Lipinski definition) is 4. The summed E-state index contributed by atoms with van der Waals surface area (Å²) in [4.78, 5) is 12.4. The maximum Gasteiger partial charge on any atom is 0.283 e. The van der Waals surface area contributed by atoms with E-state index in [2.05, 4.69) is 5.32 Å². The molecule has 2 heterocycles. The molecule has 1 saturated heterocycles. The van der Waals surface area contributed by atoms with E-state index in [0.717, 1.165) is 11.1 Å². The Morgan fingerprint density at radius 1 is 1.28 bits per heavy atom. The molecule has 0 unspecified atom stereocenters. The van der Waals surface area contributed by atoms with Crippen molar-refractivity contribution in [2.45, 2.75) is 38.5 Å². The highest BCUT2D eigenvalue weighted by Gasteiger charge is 2.43. The molecule has 1 aromatic rings. The molecule has 0 radical (unpaired) electrons. The second kappa shape index (κ2) is 6.68. The van der Waals surface area contributed by atoms with Gasteiger partial charge < -0.3 is 10.1 Å². The minimum atomic E-state index is -3.78. The fourth-order valence-corrected chi connectivity index (χ4v) is 5.32. The first-order chi connectivity index (χ1) is 11.7. The predicted octanol–water partition coefficient (Wildman–Crippen LogP) is 0.515. The fraction of sp³-hybridized carbons (Fsp3) is 0.588. The Balaban J connectivity index is 1.95. The van der Waals surface area contributed by atoms with Crippen LogP contribution in [0.25, 0.3) is 0 Å². The molecule has 2 aliphatic rings. The van der Waals surface area contributed by atoms with Crippen molar-refractivity contribution in [3.05, 3.63) is 35.4 Å². The maximum absolute atomic E-state index is 13.3. The summed E-state index contributed by atoms with van der Waals surface area (Å²) in [6.45, 7) is 4.86. The Morgan fingerprint density at radius 2 is 1.96 bits per heavy atom. The van der Waals surface area contributed by atoms with E-state index in [1.807, 2.05) is 38.1 Å². The van der Waals surface area contributed by atoms with E-state index < -0.39 is 21.9 Å². The van der Waals surface area contributed by atoms with Gasteiger partial charge in [-0.3, -0.25) is 4.79 Å². The van der Waals surface area contributed by atoms with Crippen molar-refractivity contribution in [2.75, 3.05) is 26.7 Å². The third kappa shape index (κ3) is 3.57. The molecule has 3 rings (SSSR count). The van der Waals surface area contributed by atoms with Gasteiger partial charge in [-0.25, -0.2) is 0 Å². The number of likely N-dealkylation sites (N-methyl/N-ethyl adjacent to an activating group) is 1. The molecule has 7 nitrogen and oxygen atoms in total. The van der Waals surface area contributed by atoms with Crippen LogP contribution in [-0.2, 0) is 32.7 Å². The molecule has 0 spiro atoms. The van der Waals surface area contributed by atoms with E-state index >= 15 is 0 Å². The van der Waals surface area contributed by atoms with Gasteiger partial charge in [0, 0.05) is 26.7 Å². The van der Waals surface area contributed by atoms with Crippen LogP contribution in [0.2, 0.25) is 0 Å². The second-order valence-corrected chi connectivity index (χ2v) is 8.98. The molecule has 0 bridgehead atoms. The lowest BCUT2D eigenvalue weighted by molar-refractivity contribution is -0.124. The fourth-order valence-electron chi connectivity index (χ4n) is 3.45. The topological polar surface area (TPSA) is 79.0 Å². The SMILES string of the molecule is CNC(=O)[C@@H]1Cc2ccccc2CN1S(=O)(=O)N1CCOC(C)(C)C1. The molecule has 0 saturated carbocycles.